The van der Waals surface area contributed by atoms with Crippen LogP contribution in [0.2, 0.25) is 10.2 Å². The molecule has 19 heavy (non-hydrogen) atoms. The third-order valence-electron chi connectivity index (χ3n) is 2.60. The Bertz CT molecular complexity index is 462. The number of aliphatic hydroxyl groups excluding tert-OH is 1. The van der Waals surface area contributed by atoms with Gasteiger partial charge in [0.25, 0.3) is 5.91 Å². The standard InChI is InChI=1S/C13H18Cl2N2O2/c1-8(18)6-13(2,3)7-16-12(19)11-9(14)4-5-10(15)17-11/h4-5,8,18H,6-7H2,1-3H3,(H,16,19). The Kier molecular flexibility index (Phi) is 5.59. The molecule has 0 aliphatic carbocycles. The first-order valence-electron chi connectivity index (χ1n) is 5.99. The molecule has 4 nitrogen and oxygen atoms in total. The van der Waals surface area contributed by atoms with E-state index in [1.165, 1.54) is 12.1 Å². The van der Waals surface area contributed by atoms with E-state index in [1.54, 1.807) is 6.92 Å². The number of hydrogen-bond acceptors (Lipinski definition) is 3. The lowest BCUT2D eigenvalue weighted by molar-refractivity contribution is 0.0897. The van der Waals surface area contributed by atoms with E-state index < -0.39 is 6.10 Å². The quantitative estimate of drug-likeness (QED) is 0.822. The topological polar surface area (TPSA) is 62.2 Å². The molecule has 0 fully saturated rings. The number of nitrogens with zero attached hydrogens (tertiary/aromatic N) is 1. The van der Waals surface area contributed by atoms with Gasteiger partial charge in [0.15, 0.2) is 0 Å². The molecular weight excluding hydrogens is 287 g/mol. The molecule has 2 N–H and O–H groups in total. The third-order valence-corrected chi connectivity index (χ3v) is 3.12. The Labute approximate surface area is 123 Å². The van der Waals surface area contributed by atoms with Crippen LogP contribution in [-0.4, -0.2) is 28.6 Å². The van der Waals surface area contributed by atoms with Crippen LogP contribution < -0.4 is 5.32 Å². The number of hydrogen-bond donors (Lipinski definition) is 2. The zero-order chi connectivity index (χ0) is 14.6. The molecule has 1 aromatic heterocycles. The number of aliphatic hydroxyl groups is 1. The lowest BCUT2D eigenvalue weighted by atomic mass is 9.87. The average Bonchev–Trinajstić information content (AvgIpc) is 2.27. The summed E-state index contributed by atoms with van der Waals surface area (Å²) in [6.45, 7) is 6.07. The fourth-order valence-electron chi connectivity index (χ4n) is 1.85. The molecule has 1 aromatic rings. The van der Waals surface area contributed by atoms with Crippen LogP contribution in [0.15, 0.2) is 12.1 Å². The summed E-state index contributed by atoms with van der Waals surface area (Å²) in [4.78, 5) is 15.9. The van der Waals surface area contributed by atoms with Gasteiger partial charge in [0.1, 0.15) is 10.8 Å². The maximum Gasteiger partial charge on any atom is 0.271 e. The summed E-state index contributed by atoms with van der Waals surface area (Å²) in [6.07, 6.45) is 0.170. The van der Waals surface area contributed by atoms with Crippen molar-refractivity contribution in [2.24, 2.45) is 5.41 Å². The SMILES string of the molecule is CC(O)CC(C)(C)CNC(=O)c1nc(Cl)ccc1Cl. The maximum absolute atomic E-state index is 12.0. The van der Waals surface area contributed by atoms with Crippen LogP contribution in [-0.2, 0) is 0 Å². The van der Waals surface area contributed by atoms with Gasteiger partial charge in [0.2, 0.25) is 0 Å². The number of carbonyl (C=O) groups is 1. The van der Waals surface area contributed by atoms with E-state index in [0.717, 1.165) is 0 Å². The van der Waals surface area contributed by atoms with Crippen molar-refractivity contribution >= 4 is 29.1 Å². The van der Waals surface area contributed by atoms with E-state index in [4.69, 9.17) is 23.2 Å². The Balaban J connectivity index is 2.68. The zero-order valence-electron chi connectivity index (χ0n) is 11.2. The predicted octanol–water partition coefficient (Wildman–Crippen LogP) is 2.92. The summed E-state index contributed by atoms with van der Waals surface area (Å²) < 4.78 is 0. The predicted molar refractivity (Wildman–Crippen MR) is 76.7 cm³/mol. The summed E-state index contributed by atoms with van der Waals surface area (Å²) in [7, 11) is 0. The Morgan fingerprint density at radius 3 is 2.68 bits per heavy atom. The van der Waals surface area contributed by atoms with Crippen molar-refractivity contribution in [1.29, 1.82) is 0 Å². The van der Waals surface area contributed by atoms with Crippen molar-refractivity contribution < 1.29 is 9.90 Å². The number of pyridine rings is 1. The number of carbonyl (C=O) groups excluding carboxylic acids is 1. The number of nitrogens with one attached hydrogen (secondary N) is 1. The molecule has 0 aliphatic heterocycles. The van der Waals surface area contributed by atoms with Crippen molar-refractivity contribution in [3.8, 4) is 0 Å². The van der Waals surface area contributed by atoms with E-state index in [1.807, 2.05) is 13.8 Å². The number of amides is 1. The molecule has 0 radical (unpaired) electrons. The van der Waals surface area contributed by atoms with E-state index >= 15 is 0 Å². The normalized spacial score (nSPS) is 13.2. The van der Waals surface area contributed by atoms with Gasteiger partial charge in [-0.2, -0.15) is 0 Å². The van der Waals surface area contributed by atoms with Crippen LogP contribution in [0.4, 0.5) is 0 Å². The molecule has 0 aliphatic rings. The first-order valence-corrected chi connectivity index (χ1v) is 6.75. The lowest BCUT2D eigenvalue weighted by Crippen LogP contribution is -2.36. The van der Waals surface area contributed by atoms with Crippen molar-refractivity contribution in [2.45, 2.75) is 33.3 Å². The van der Waals surface area contributed by atoms with Gasteiger partial charge in [-0.3, -0.25) is 4.79 Å². The molecule has 0 saturated carbocycles. The lowest BCUT2D eigenvalue weighted by Gasteiger charge is -2.26. The minimum atomic E-state index is -0.417. The third kappa shape index (κ3) is 5.35. The molecule has 0 aromatic carbocycles. The molecule has 1 rings (SSSR count). The second-order valence-electron chi connectivity index (χ2n) is 5.36. The fraction of sp³-hybridized carbons (Fsp3) is 0.538. The van der Waals surface area contributed by atoms with Crippen LogP contribution in [0.5, 0.6) is 0 Å². The Morgan fingerprint density at radius 2 is 2.11 bits per heavy atom. The van der Waals surface area contributed by atoms with E-state index in [-0.39, 0.29) is 27.2 Å². The van der Waals surface area contributed by atoms with Gasteiger partial charge < -0.3 is 10.4 Å². The second-order valence-corrected chi connectivity index (χ2v) is 6.16. The van der Waals surface area contributed by atoms with E-state index in [9.17, 15) is 9.90 Å². The monoisotopic (exact) mass is 304 g/mol. The van der Waals surface area contributed by atoms with Crippen LogP contribution in [0.25, 0.3) is 0 Å². The summed E-state index contributed by atoms with van der Waals surface area (Å²) in [6, 6.07) is 3.06. The highest BCUT2D eigenvalue weighted by Gasteiger charge is 2.22. The number of halogens is 2. The molecule has 106 valence electrons. The number of aromatic nitrogens is 1. The molecule has 0 spiro atoms. The minimum absolute atomic E-state index is 0.113. The van der Waals surface area contributed by atoms with Gasteiger partial charge in [-0.1, -0.05) is 37.0 Å². The van der Waals surface area contributed by atoms with Crippen molar-refractivity contribution in [3.05, 3.63) is 28.0 Å². The van der Waals surface area contributed by atoms with Crippen molar-refractivity contribution in [2.75, 3.05) is 6.54 Å². The molecule has 1 heterocycles. The van der Waals surface area contributed by atoms with Gasteiger partial charge in [-0.05, 0) is 30.9 Å². The fourth-order valence-corrected chi connectivity index (χ4v) is 2.19. The summed E-state index contributed by atoms with van der Waals surface area (Å²) >= 11 is 11.6. The smallest absolute Gasteiger partial charge is 0.271 e. The summed E-state index contributed by atoms with van der Waals surface area (Å²) in [5.74, 6) is -0.369. The zero-order valence-corrected chi connectivity index (χ0v) is 12.7. The molecular formula is C13H18Cl2N2O2. The molecule has 1 atom stereocenters. The summed E-state index contributed by atoms with van der Waals surface area (Å²) in [5, 5.41) is 12.6. The average molecular weight is 305 g/mol. The van der Waals surface area contributed by atoms with Gasteiger partial charge in [-0.15, -0.1) is 0 Å². The largest absolute Gasteiger partial charge is 0.393 e. The van der Waals surface area contributed by atoms with Crippen LogP contribution in [0.1, 0.15) is 37.7 Å². The highest BCUT2D eigenvalue weighted by Crippen LogP contribution is 2.22. The first-order chi connectivity index (χ1) is 8.71. The van der Waals surface area contributed by atoms with Crippen LogP contribution in [0, 0.1) is 5.41 Å². The highest BCUT2D eigenvalue weighted by atomic mass is 35.5. The van der Waals surface area contributed by atoms with Gasteiger partial charge >= 0.3 is 0 Å². The van der Waals surface area contributed by atoms with E-state index in [0.29, 0.717) is 13.0 Å². The van der Waals surface area contributed by atoms with Gasteiger partial charge in [0, 0.05) is 6.54 Å². The number of rotatable bonds is 5. The van der Waals surface area contributed by atoms with Crippen molar-refractivity contribution in [1.82, 2.24) is 10.3 Å². The molecule has 0 saturated heterocycles. The highest BCUT2D eigenvalue weighted by molar-refractivity contribution is 6.34. The van der Waals surface area contributed by atoms with E-state index in [2.05, 4.69) is 10.3 Å². The van der Waals surface area contributed by atoms with Gasteiger partial charge in [0.05, 0.1) is 11.1 Å². The first kappa shape index (κ1) is 16.2. The van der Waals surface area contributed by atoms with Crippen LogP contribution >= 0.6 is 23.2 Å². The van der Waals surface area contributed by atoms with Crippen molar-refractivity contribution in [3.63, 3.8) is 0 Å². The molecule has 0 bridgehead atoms. The second kappa shape index (κ2) is 6.55. The molecule has 6 heteroatoms. The Morgan fingerprint density at radius 1 is 1.47 bits per heavy atom. The van der Waals surface area contributed by atoms with Crippen LogP contribution in [0.3, 0.4) is 0 Å². The summed E-state index contributed by atoms with van der Waals surface area (Å²) in [5.41, 5.74) is -0.100. The Hall–Kier alpha value is -0.840. The molecule has 1 amide bonds. The molecule has 1 unspecified atom stereocenters. The minimum Gasteiger partial charge on any atom is -0.393 e. The van der Waals surface area contributed by atoms with Gasteiger partial charge in [-0.25, -0.2) is 4.98 Å². The maximum atomic E-state index is 12.0.